The van der Waals surface area contributed by atoms with E-state index in [1.54, 1.807) is 24.4 Å². The Bertz CT molecular complexity index is 323. The minimum absolute atomic E-state index is 0.126. The van der Waals surface area contributed by atoms with Gasteiger partial charge in [0.05, 0.1) is 0 Å². The second-order valence-corrected chi connectivity index (χ2v) is 4.28. The predicted octanol–water partition coefficient (Wildman–Crippen LogP) is 2.38. The van der Waals surface area contributed by atoms with Gasteiger partial charge in [-0.1, -0.05) is 28.9 Å². The minimum atomic E-state index is -0.214. The molecule has 4 heteroatoms. The van der Waals surface area contributed by atoms with Crippen molar-refractivity contribution >= 4 is 21.8 Å². The fourth-order valence-corrected chi connectivity index (χ4v) is 1.59. The molecule has 1 rings (SSSR count). The number of pyridine rings is 1. The van der Waals surface area contributed by atoms with Crippen LogP contribution in [-0.4, -0.2) is 21.8 Å². The van der Waals surface area contributed by atoms with Crippen molar-refractivity contribution < 1.29 is 4.79 Å². The molecule has 1 aromatic rings. The molecule has 0 bridgehead atoms. The number of hydrogen-bond acceptors (Lipinski definition) is 2. The summed E-state index contributed by atoms with van der Waals surface area (Å²) < 4.78 is 0. The summed E-state index contributed by atoms with van der Waals surface area (Å²) >= 11 is 3.40. The molecule has 0 aliphatic carbocycles. The lowest BCUT2D eigenvalue weighted by Gasteiger charge is -2.26. The van der Waals surface area contributed by atoms with E-state index in [-0.39, 0.29) is 11.4 Å². The lowest BCUT2D eigenvalue weighted by Crippen LogP contribution is -2.47. The molecule has 1 heterocycles. The topological polar surface area (TPSA) is 42.0 Å². The third-order valence-corrected chi connectivity index (χ3v) is 3.63. The van der Waals surface area contributed by atoms with Gasteiger partial charge in [-0.2, -0.15) is 0 Å². The van der Waals surface area contributed by atoms with E-state index >= 15 is 0 Å². The van der Waals surface area contributed by atoms with Gasteiger partial charge in [0, 0.05) is 17.1 Å². The van der Waals surface area contributed by atoms with E-state index in [1.807, 2.05) is 13.8 Å². The van der Waals surface area contributed by atoms with Crippen molar-refractivity contribution in [2.75, 3.05) is 5.33 Å². The van der Waals surface area contributed by atoms with Crippen molar-refractivity contribution in [1.29, 1.82) is 0 Å². The Morgan fingerprint density at radius 1 is 1.60 bits per heavy atom. The number of rotatable bonds is 4. The Kier molecular flexibility index (Phi) is 4.27. The summed E-state index contributed by atoms with van der Waals surface area (Å²) in [6.07, 6.45) is 2.49. The molecule has 0 saturated heterocycles. The number of nitrogens with zero attached hydrogens (tertiary/aromatic N) is 1. The van der Waals surface area contributed by atoms with Crippen LogP contribution < -0.4 is 5.32 Å². The average Bonchev–Trinajstić information content (AvgIpc) is 2.30. The third-order valence-electron chi connectivity index (χ3n) is 2.39. The van der Waals surface area contributed by atoms with Crippen molar-refractivity contribution in [3.8, 4) is 0 Å². The van der Waals surface area contributed by atoms with Gasteiger partial charge in [-0.05, 0) is 25.5 Å². The SMILES string of the molecule is CCC(C)(CBr)NC(=O)c1ccccn1. The Labute approximate surface area is 98.4 Å². The van der Waals surface area contributed by atoms with Gasteiger partial charge in [0.1, 0.15) is 5.69 Å². The lowest BCUT2D eigenvalue weighted by molar-refractivity contribution is 0.0908. The van der Waals surface area contributed by atoms with E-state index in [4.69, 9.17) is 0 Å². The highest BCUT2D eigenvalue weighted by atomic mass is 79.9. The second kappa shape index (κ2) is 5.26. The van der Waals surface area contributed by atoms with Crippen molar-refractivity contribution in [3.63, 3.8) is 0 Å². The normalized spacial score (nSPS) is 14.3. The molecular weight excluding hydrogens is 256 g/mol. The smallest absolute Gasteiger partial charge is 0.270 e. The first-order valence-corrected chi connectivity index (χ1v) is 6.03. The summed E-state index contributed by atoms with van der Waals surface area (Å²) in [4.78, 5) is 15.8. The fraction of sp³-hybridized carbons (Fsp3) is 0.455. The van der Waals surface area contributed by atoms with Gasteiger partial charge in [0.25, 0.3) is 5.91 Å². The molecular formula is C11H15BrN2O. The summed E-state index contributed by atoms with van der Waals surface area (Å²) in [7, 11) is 0. The molecule has 82 valence electrons. The van der Waals surface area contributed by atoms with Crippen LogP contribution >= 0.6 is 15.9 Å². The molecule has 3 nitrogen and oxygen atoms in total. The number of halogens is 1. The van der Waals surface area contributed by atoms with E-state index in [9.17, 15) is 4.79 Å². The van der Waals surface area contributed by atoms with Gasteiger partial charge in [-0.15, -0.1) is 0 Å². The van der Waals surface area contributed by atoms with Gasteiger partial charge >= 0.3 is 0 Å². The predicted molar refractivity (Wildman–Crippen MR) is 64.2 cm³/mol. The Morgan fingerprint density at radius 2 is 2.33 bits per heavy atom. The van der Waals surface area contributed by atoms with Crippen molar-refractivity contribution in [2.45, 2.75) is 25.8 Å². The van der Waals surface area contributed by atoms with Gasteiger partial charge in [-0.3, -0.25) is 9.78 Å². The number of carbonyl (C=O) groups excluding carboxylic acids is 1. The maximum Gasteiger partial charge on any atom is 0.270 e. The first-order chi connectivity index (χ1) is 7.11. The van der Waals surface area contributed by atoms with Crippen LogP contribution in [0.15, 0.2) is 24.4 Å². The first kappa shape index (κ1) is 12.2. The summed E-state index contributed by atoms with van der Waals surface area (Å²) in [6.45, 7) is 4.04. The van der Waals surface area contributed by atoms with Crippen LogP contribution in [0, 0.1) is 0 Å². The van der Waals surface area contributed by atoms with Gasteiger partial charge < -0.3 is 5.32 Å². The number of nitrogens with one attached hydrogen (secondary N) is 1. The molecule has 0 radical (unpaired) electrons. The third kappa shape index (κ3) is 3.30. The highest BCUT2D eigenvalue weighted by Crippen LogP contribution is 2.13. The van der Waals surface area contributed by atoms with Gasteiger partial charge in [0.15, 0.2) is 0 Å². The van der Waals surface area contributed by atoms with Crippen molar-refractivity contribution in [3.05, 3.63) is 30.1 Å². The number of alkyl halides is 1. The molecule has 0 aliphatic rings. The van der Waals surface area contributed by atoms with Gasteiger partial charge in [0.2, 0.25) is 0 Å². The number of amides is 1. The Balaban J connectivity index is 2.72. The number of carbonyl (C=O) groups is 1. The first-order valence-electron chi connectivity index (χ1n) is 4.91. The van der Waals surface area contributed by atoms with Crippen LogP contribution in [0.4, 0.5) is 0 Å². The zero-order chi connectivity index (χ0) is 11.3. The maximum absolute atomic E-state index is 11.8. The molecule has 0 spiro atoms. The summed E-state index contributed by atoms with van der Waals surface area (Å²) in [6, 6.07) is 5.30. The Hall–Kier alpha value is -0.900. The highest BCUT2D eigenvalue weighted by Gasteiger charge is 2.23. The van der Waals surface area contributed by atoms with Crippen LogP contribution in [0.1, 0.15) is 30.8 Å². The standard InChI is InChI=1S/C11H15BrN2O/c1-3-11(2,8-12)14-10(15)9-6-4-5-7-13-9/h4-7H,3,8H2,1-2H3,(H,14,15). The van der Waals surface area contributed by atoms with Crippen LogP contribution in [0.3, 0.4) is 0 Å². The molecule has 0 fully saturated rings. The minimum Gasteiger partial charge on any atom is -0.345 e. The summed E-state index contributed by atoms with van der Waals surface area (Å²) in [5, 5.41) is 3.69. The van der Waals surface area contributed by atoms with E-state index < -0.39 is 0 Å². The second-order valence-electron chi connectivity index (χ2n) is 3.72. The van der Waals surface area contributed by atoms with Crippen LogP contribution in [-0.2, 0) is 0 Å². The molecule has 1 aromatic heterocycles. The largest absolute Gasteiger partial charge is 0.345 e. The van der Waals surface area contributed by atoms with Gasteiger partial charge in [-0.25, -0.2) is 0 Å². The summed E-state index contributed by atoms with van der Waals surface area (Å²) in [5.74, 6) is -0.126. The van der Waals surface area contributed by atoms with Crippen molar-refractivity contribution in [2.24, 2.45) is 0 Å². The highest BCUT2D eigenvalue weighted by molar-refractivity contribution is 9.09. The van der Waals surface area contributed by atoms with E-state index in [2.05, 4.69) is 26.2 Å². The molecule has 0 aromatic carbocycles. The molecule has 0 aliphatic heterocycles. The summed E-state index contributed by atoms with van der Waals surface area (Å²) in [5.41, 5.74) is 0.243. The average molecular weight is 271 g/mol. The maximum atomic E-state index is 11.8. The van der Waals surface area contributed by atoms with E-state index in [0.717, 1.165) is 11.8 Å². The molecule has 1 unspecified atom stereocenters. The lowest BCUT2D eigenvalue weighted by atomic mass is 10.0. The molecule has 0 saturated carbocycles. The zero-order valence-corrected chi connectivity index (χ0v) is 10.5. The monoisotopic (exact) mass is 270 g/mol. The molecule has 1 atom stereocenters. The van der Waals surface area contributed by atoms with E-state index in [1.165, 1.54) is 0 Å². The molecule has 1 amide bonds. The number of aromatic nitrogens is 1. The number of hydrogen-bond donors (Lipinski definition) is 1. The Morgan fingerprint density at radius 3 is 2.80 bits per heavy atom. The molecule has 1 N–H and O–H groups in total. The zero-order valence-electron chi connectivity index (χ0n) is 8.96. The molecule has 15 heavy (non-hydrogen) atoms. The quantitative estimate of drug-likeness (QED) is 0.854. The van der Waals surface area contributed by atoms with E-state index in [0.29, 0.717) is 5.69 Å². The van der Waals surface area contributed by atoms with Crippen molar-refractivity contribution in [1.82, 2.24) is 10.3 Å². The van der Waals surface area contributed by atoms with Crippen LogP contribution in [0.5, 0.6) is 0 Å². The van der Waals surface area contributed by atoms with Crippen LogP contribution in [0.2, 0.25) is 0 Å². The fourth-order valence-electron chi connectivity index (χ4n) is 1.05. The van der Waals surface area contributed by atoms with Crippen LogP contribution in [0.25, 0.3) is 0 Å².